The van der Waals surface area contributed by atoms with Gasteiger partial charge in [-0.15, -0.1) is 0 Å². The van der Waals surface area contributed by atoms with Crippen molar-refractivity contribution in [1.82, 2.24) is 0 Å². The first kappa shape index (κ1) is 17.2. The van der Waals surface area contributed by atoms with Crippen LogP contribution in [0.2, 0.25) is 10.6 Å². The summed E-state index contributed by atoms with van der Waals surface area (Å²) in [6.07, 6.45) is 6.46. The van der Waals surface area contributed by atoms with Crippen LogP contribution in [0.5, 0.6) is 0 Å². The Kier molecular flexibility index (Phi) is 6.09. The van der Waals surface area contributed by atoms with Crippen molar-refractivity contribution >= 4 is 8.56 Å². The molecule has 1 fully saturated rings. The minimum Gasteiger partial charge on any atom is -0.397 e. The monoisotopic (exact) mass is 286 g/mol. The van der Waals surface area contributed by atoms with E-state index >= 15 is 0 Å². The highest BCUT2D eigenvalue weighted by Gasteiger charge is 2.60. The molecule has 1 aliphatic carbocycles. The van der Waals surface area contributed by atoms with Crippen molar-refractivity contribution in [3.8, 4) is 0 Å². The highest BCUT2D eigenvalue weighted by Crippen LogP contribution is 2.57. The first-order valence-electron chi connectivity index (χ1n) is 7.97. The van der Waals surface area contributed by atoms with E-state index in [-0.39, 0.29) is 5.04 Å². The van der Waals surface area contributed by atoms with Crippen LogP contribution < -0.4 is 0 Å². The Morgan fingerprint density at radius 2 is 1.79 bits per heavy atom. The molecule has 0 aliphatic heterocycles. The van der Waals surface area contributed by atoms with Crippen molar-refractivity contribution in [2.24, 2.45) is 11.8 Å². The van der Waals surface area contributed by atoms with Crippen LogP contribution in [0, 0.1) is 11.8 Å². The van der Waals surface area contributed by atoms with Crippen LogP contribution in [0.15, 0.2) is 0 Å². The third-order valence-corrected chi connectivity index (χ3v) is 11.1. The smallest absolute Gasteiger partial charge is 0.347 e. The van der Waals surface area contributed by atoms with Crippen molar-refractivity contribution in [3.05, 3.63) is 0 Å². The second-order valence-corrected chi connectivity index (χ2v) is 11.2. The lowest BCUT2D eigenvalue weighted by Gasteiger charge is -2.49. The largest absolute Gasteiger partial charge is 0.397 e. The molecule has 19 heavy (non-hydrogen) atoms. The van der Waals surface area contributed by atoms with Gasteiger partial charge in [0.05, 0.1) is 0 Å². The van der Waals surface area contributed by atoms with Crippen molar-refractivity contribution < 1.29 is 8.85 Å². The molecule has 3 heteroatoms. The number of rotatable bonds is 7. The number of hydrogen-bond acceptors (Lipinski definition) is 2. The predicted octanol–water partition coefficient (Wildman–Crippen LogP) is 5.13. The molecule has 1 aliphatic rings. The summed E-state index contributed by atoms with van der Waals surface area (Å²) >= 11 is 0. The van der Waals surface area contributed by atoms with Gasteiger partial charge in [0.2, 0.25) is 0 Å². The lowest BCUT2D eigenvalue weighted by atomic mass is 9.92. The molecule has 2 nitrogen and oxygen atoms in total. The zero-order valence-corrected chi connectivity index (χ0v) is 15.1. The third-order valence-electron chi connectivity index (χ3n) is 5.81. The Labute approximate surface area is 121 Å². The van der Waals surface area contributed by atoms with E-state index in [1.54, 1.807) is 0 Å². The fourth-order valence-electron chi connectivity index (χ4n) is 4.24. The minimum absolute atomic E-state index is 0.162. The van der Waals surface area contributed by atoms with Gasteiger partial charge in [-0.05, 0) is 18.3 Å². The molecule has 0 radical (unpaired) electrons. The minimum atomic E-state index is -2.20. The van der Waals surface area contributed by atoms with E-state index in [4.69, 9.17) is 8.85 Å². The maximum Gasteiger partial charge on any atom is 0.347 e. The number of hydrogen-bond donors (Lipinski definition) is 0. The van der Waals surface area contributed by atoms with Crippen LogP contribution in [-0.2, 0) is 8.85 Å². The van der Waals surface area contributed by atoms with Crippen LogP contribution >= 0.6 is 0 Å². The van der Waals surface area contributed by atoms with Gasteiger partial charge in [-0.2, -0.15) is 0 Å². The standard InChI is InChI=1S/C16H34O2Si/c1-8-10-14(3)16(4,5)19(17-6,18-7)15-12-9-11-13(15)2/h13-15H,8-12H2,1-7H3. The van der Waals surface area contributed by atoms with Gasteiger partial charge in [0.1, 0.15) is 0 Å². The van der Waals surface area contributed by atoms with Crippen LogP contribution in [0.25, 0.3) is 0 Å². The molecular weight excluding hydrogens is 252 g/mol. The van der Waals surface area contributed by atoms with Gasteiger partial charge in [-0.25, -0.2) is 0 Å². The van der Waals surface area contributed by atoms with Crippen LogP contribution in [0.1, 0.15) is 66.7 Å². The molecule has 0 aromatic rings. The van der Waals surface area contributed by atoms with Gasteiger partial charge >= 0.3 is 8.56 Å². The Morgan fingerprint density at radius 3 is 2.16 bits per heavy atom. The van der Waals surface area contributed by atoms with Crippen LogP contribution in [0.3, 0.4) is 0 Å². The summed E-state index contributed by atoms with van der Waals surface area (Å²) in [7, 11) is 1.58. The molecule has 0 saturated heterocycles. The molecule has 0 aromatic carbocycles. The quantitative estimate of drug-likeness (QED) is 0.604. The van der Waals surface area contributed by atoms with Gasteiger partial charge in [0.25, 0.3) is 0 Å². The van der Waals surface area contributed by atoms with Gasteiger partial charge in [0.15, 0.2) is 0 Å². The van der Waals surface area contributed by atoms with Crippen molar-refractivity contribution in [2.75, 3.05) is 14.2 Å². The SMILES string of the molecule is CCCC(C)C(C)(C)[Si](OC)(OC)C1CCCC1C. The molecule has 3 unspecified atom stereocenters. The predicted molar refractivity (Wildman–Crippen MR) is 84.7 cm³/mol. The molecule has 0 aromatic heterocycles. The van der Waals surface area contributed by atoms with Crippen LogP contribution in [0.4, 0.5) is 0 Å². The van der Waals surface area contributed by atoms with Gasteiger partial charge in [0, 0.05) is 24.8 Å². The van der Waals surface area contributed by atoms with Crippen molar-refractivity contribution in [2.45, 2.75) is 77.3 Å². The second kappa shape index (κ2) is 6.73. The Bertz CT molecular complexity index is 274. The van der Waals surface area contributed by atoms with E-state index < -0.39 is 8.56 Å². The summed E-state index contributed by atoms with van der Waals surface area (Å²) in [6, 6.07) is 0. The van der Waals surface area contributed by atoms with E-state index in [9.17, 15) is 0 Å². The fourth-order valence-corrected chi connectivity index (χ4v) is 9.35. The van der Waals surface area contributed by atoms with Crippen molar-refractivity contribution in [3.63, 3.8) is 0 Å². The highest BCUT2D eigenvalue weighted by atomic mass is 28.4. The van der Waals surface area contributed by atoms with Crippen molar-refractivity contribution in [1.29, 1.82) is 0 Å². The molecule has 0 amide bonds. The first-order valence-corrected chi connectivity index (χ1v) is 9.87. The van der Waals surface area contributed by atoms with E-state index in [2.05, 4.69) is 34.6 Å². The topological polar surface area (TPSA) is 18.5 Å². The fraction of sp³-hybridized carbons (Fsp3) is 1.00. The molecule has 0 spiro atoms. The molecule has 1 rings (SSSR count). The maximum absolute atomic E-state index is 6.19. The summed E-state index contributed by atoms with van der Waals surface area (Å²) in [5.74, 6) is 1.40. The molecule has 114 valence electrons. The average Bonchev–Trinajstić information content (AvgIpc) is 2.79. The first-order chi connectivity index (χ1) is 8.87. The molecule has 1 saturated carbocycles. The summed E-state index contributed by atoms with van der Waals surface area (Å²) in [4.78, 5) is 0. The molecular formula is C16H34O2Si. The van der Waals surface area contributed by atoms with E-state index in [0.717, 1.165) is 5.92 Å². The van der Waals surface area contributed by atoms with Gasteiger partial charge in [-0.1, -0.05) is 60.3 Å². The molecule has 0 heterocycles. The van der Waals surface area contributed by atoms with Crippen LogP contribution in [-0.4, -0.2) is 22.8 Å². The average molecular weight is 287 g/mol. The molecule has 3 atom stereocenters. The highest BCUT2D eigenvalue weighted by molar-refractivity contribution is 6.72. The summed E-state index contributed by atoms with van der Waals surface area (Å²) in [5, 5.41) is 0.162. The molecule has 0 bridgehead atoms. The summed E-state index contributed by atoms with van der Waals surface area (Å²) < 4.78 is 12.4. The third kappa shape index (κ3) is 2.93. The summed E-state index contributed by atoms with van der Waals surface area (Å²) in [5.41, 5.74) is 0.650. The normalized spacial score (nSPS) is 26.7. The Hall–Kier alpha value is 0.137. The lowest BCUT2D eigenvalue weighted by molar-refractivity contribution is 0.166. The zero-order valence-electron chi connectivity index (χ0n) is 14.1. The zero-order chi connectivity index (χ0) is 14.7. The van der Waals surface area contributed by atoms with Gasteiger partial charge < -0.3 is 8.85 Å². The maximum atomic E-state index is 6.19. The molecule has 0 N–H and O–H groups in total. The van der Waals surface area contributed by atoms with E-state index in [0.29, 0.717) is 11.5 Å². The lowest BCUT2D eigenvalue weighted by Crippen LogP contribution is -2.56. The Morgan fingerprint density at radius 1 is 1.21 bits per heavy atom. The Balaban J connectivity index is 3.09. The van der Waals surface area contributed by atoms with E-state index in [1.807, 2.05) is 14.2 Å². The van der Waals surface area contributed by atoms with Gasteiger partial charge in [-0.3, -0.25) is 0 Å². The summed E-state index contributed by atoms with van der Waals surface area (Å²) in [6.45, 7) is 11.8. The van der Waals surface area contributed by atoms with E-state index in [1.165, 1.54) is 32.1 Å². The second-order valence-electron chi connectivity index (χ2n) is 7.00.